The minimum atomic E-state index is 0.596. The second-order valence-corrected chi connectivity index (χ2v) is 15.5. The minimum Gasteiger partial charge on any atom is -0.456 e. The van der Waals surface area contributed by atoms with E-state index in [4.69, 9.17) is 19.4 Å². The zero-order valence-electron chi connectivity index (χ0n) is 30.4. The molecule has 0 fully saturated rings. The van der Waals surface area contributed by atoms with Crippen LogP contribution in [0, 0.1) is 0 Å². The molecule has 0 aliphatic heterocycles. The lowest BCUT2D eigenvalue weighted by Crippen LogP contribution is -2.00. The number of benzene rings is 8. The number of furan rings is 1. The third-order valence-electron chi connectivity index (χ3n) is 11.0. The number of hydrogen-bond donors (Lipinski definition) is 0. The molecule has 5 nitrogen and oxygen atoms in total. The summed E-state index contributed by atoms with van der Waals surface area (Å²) in [6.45, 7) is 0. The van der Waals surface area contributed by atoms with Gasteiger partial charge in [-0.15, -0.1) is 11.3 Å². The van der Waals surface area contributed by atoms with Crippen molar-refractivity contribution in [3.8, 4) is 51.0 Å². The first kappa shape index (κ1) is 31.9. The number of fused-ring (bicyclic) bond motifs is 9. The average Bonchev–Trinajstić information content (AvgIpc) is 3.94. The third kappa shape index (κ3) is 5.19. The van der Waals surface area contributed by atoms with Crippen molar-refractivity contribution in [1.82, 2.24) is 19.5 Å². The van der Waals surface area contributed by atoms with Crippen LogP contribution in [0.2, 0.25) is 0 Å². The predicted molar refractivity (Wildman–Crippen MR) is 236 cm³/mol. The van der Waals surface area contributed by atoms with E-state index >= 15 is 0 Å². The Hall–Kier alpha value is -7.41. The van der Waals surface area contributed by atoms with Crippen molar-refractivity contribution in [2.75, 3.05) is 0 Å². The summed E-state index contributed by atoms with van der Waals surface area (Å²) in [4.78, 5) is 15.2. The van der Waals surface area contributed by atoms with Crippen LogP contribution < -0.4 is 0 Å². The molecule has 6 heteroatoms. The smallest absolute Gasteiger partial charge is 0.164 e. The SMILES string of the molecule is c1ccc(-c2cccc(-n3c4ccccc4c4cc5oc6cc(-c7nc(-c8ccccc8)nc(-c8ccc9c(c8)sc8ccccc89)n7)ccc6c5cc43)c2)cc1. The molecule has 0 atom stereocenters. The number of rotatable bonds is 5. The van der Waals surface area contributed by atoms with Gasteiger partial charge in [-0.2, -0.15) is 0 Å². The van der Waals surface area contributed by atoms with Crippen molar-refractivity contribution in [1.29, 1.82) is 0 Å². The van der Waals surface area contributed by atoms with Crippen LogP contribution >= 0.6 is 11.3 Å². The van der Waals surface area contributed by atoms with Gasteiger partial charge >= 0.3 is 0 Å². The fourth-order valence-corrected chi connectivity index (χ4v) is 9.47. The Bertz CT molecular complexity index is 3530. The van der Waals surface area contributed by atoms with Crippen LogP contribution in [0.3, 0.4) is 0 Å². The van der Waals surface area contributed by atoms with Crippen LogP contribution in [0.4, 0.5) is 0 Å². The summed E-state index contributed by atoms with van der Waals surface area (Å²) < 4.78 is 11.5. The topological polar surface area (TPSA) is 56.7 Å². The minimum absolute atomic E-state index is 0.596. The standard InChI is InChI=1S/C51H30N4OS/c1-3-12-31(13-4-1)33-16-11-17-36(26-33)55-43-20-9-7-18-37(43)41-30-46-42(29-44(41)55)38-24-22-34(27-45(38)56-46)50-52-49(32-14-5-2-6-15-32)53-51(54-50)35-23-25-40-39-19-8-10-21-47(39)57-48(40)28-35/h1-30H. The molecule has 0 N–H and O–H groups in total. The van der Waals surface area contributed by atoms with Crippen LogP contribution in [0.1, 0.15) is 0 Å². The van der Waals surface area contributed by atoms with Gasteiger partial charge in [0.25, 0.3) is 0 Å². The second-order valence-electron chi connectivity index (χ2n) is 14.4. The van der Waals surface area contributed by atoms with E-state index < -0.39 is 0 Å². The first-order valence-electron chi connectivity index (χ1n) is 19.0. The highest BCUT2D eigenvalue weighted by molar-refractivity contribution is 7.25. The molecule has 0 amide bonds. The molecule has 4 aromatic heterocycles. The zero-order valence-corrected chi connectivity index (χ0v) is 31.2. The molecule has 0 aliphatic carbocycles. The quantitative estimate of drug-likeness (QED) is 0.176. The Morgan fingerprint density at radius 2 is 0.965 bits per heavy atom. The Labute approximate surface area is 330 Å². The highest BCUT2D eigenvalue weighted by Gasteiger charge is 2.19. The molecule has 0 radical (unpaired) electrons. The Morgan fingerprint density at radius 3 is 1.77 bits per heavy atom. The van der Waals surface area contributed by atoms with Gasteiger partial charge in [0.05, 0.1) is 11.0 Å². The number of thiophene rings is 1. The highest BCUT2D eigenvalue weighted by Crippen LogP contribution is 2.40. The summed E-state index contributed by atoms with van der Waals surface area (Å²) in [5.74, 6) is 1.86. The van der Waals surface area contributed by atoms with Crippen LogP contribution in [0.25, 0.3) is 115 Å². The van der Waals surface area contributed by atoms with Crippen molar-refractivity contribution in [3.63, 3.8) is 0 Å². The van der Waals surface area contributed by atoms with E-state index in [1.54, 1.807) is 11.3 Å². The lowest BCUT2D eigenvalue weighted by Gasteiger charge is -2.10. The lowest BCUT2D eigenvalue weighted by molar-refractivity contribution is 0.669. The summed E-state index contributed by atoms with van der Waals surface area (Å²) in [5, 5.41) is 6.94. The molecule has 4 heterocycles. The van der Waals surface area contributed by atoms with E-state index in [-0.39, 0.29) is 0 Å². The molecule has 8 aromatic carbocycles. The third-order valence-corrected chi connectivity index (χ3v) is 12.2. The zero-order chi connectivity index (χ0) is 37.5. The fraction of sp³-hybridized carbons (Fsp3) is 0. The molecule has 57 heavy (non-hydrogen) atoms. The van der Waals surface area contributed by atoms with Crippen LogP contribution in [0.15, 0.2) is 186 Å². The van der Waals surface area contributed by atoms with Crippen LogP contribution in [-0.2, 0) is 0 Å². The van der Waals surface area contributed by atoms with E-state index in [1.807, 2.05) is 30.3 Å². The van der Waals surface area contributed by atoms with Crippen molar-refractivity contribution in [2.45, 2.75) is 0 Å². The summed E-state index contributed by atoms with van der Waals surface area (Å²) in [6.07, 6.45) is 0. The molecule has 12 rings (SSSR count). The molecule has 0 aliphatic rings. The van der Waals surface area contributed by atoms with Gasteiger partial charge in [-0.3, -0.25) is 0 Å². The highest BCUT2D eigenvalue weighted by atomic mass is 32.1. The van der Waals surface area contributed by atoms with Crippen LogP contribution in [-0.4, -0.2) is 19.5 Å². The van der Waals surface area contributed by atoms with Gasteiger partial charge < -0.3 is 8.98 Å². The largest absolute Gasteiger partial charge is 0.456 e. The molecule has 0 spiro atoms. The van der Waals surface area contributed by atoms with E-state index in [9.17, 15) is 0 Å². The summed E-state index contributed by atoms with van der Waals surface area (Å²) >= 11 is 1.79. The summed E-state index contributed by atoms with van der Waals surface area (Å²) in [5.41, 5.74) is 10.1. The first-order chi connectivity index (χ1) is 28.2. The first-order valence-corrected chi connectivity index (χ1v) is 19.8. The van der Waals surface area contributed by atoms with E-state index in [0.29, 0.717) is 17.5 Å². The van der Waals surface area contributed by atoms with Gasteiger partial charge in [-0.25, -0.2) is 15.0 Å². The summed E-state index contributed by atoms with van der Waals surface area (Å²) in [6, 6.07) is 63.9. The average molecular weight is 747 g/mol. The number of hydrogen-bond acceptors (Lipinski definition) is 5. The Kier molecular flexibility index (Phi) is 7.03. The lowest BCUT2D eigenvalue weighted by atomic mass is 10.1. The van der Waals surface area contributed by atoms with Gasteiger partial charge in [0.1, 0.15) is 11.2 Å². The van der Waals surface area contributed by atoms with Crippen molar-refractivity contribution in [3.05, 3.63) is 182 Å². The van der Waals surface area contributed by atoms with Gasteiger partial charge in [0, 0.05) is 64.1 Å². The molecule has 0 saturated heterocycles. The fourth-order valence-electron chi connectivity index (χ4n) is 8.33. The molecule has 12 aromatic rings. The maximum Gasteiger partial charge on any atom is 0.164 e. The molecular weight excluding hydrogens is 717 g/mol. The molecular formula is C51H30N4OS. The normalized spacial score (nSPS) is 11.9. The van der Waals surface area contributed by atoms with Gasteiger partial charge in [-0.05, 0) is 65.7 Å². The van der Waals surface area contributed by atoms with E-state index in [2.05, 4.69) is 156 Å². The number of aromatic nitrogens is 4. The van der Waals surface area contributed by atoms with Gasteiger partial charge in [0.2, 0.25) is 0 Å². The van der Waals surface area contributed by atoms with E-state index in [0.717, 1.165) is 60.7 Å². The molecule has 0 bridgehead atoms. The maximum atomic E-state index is 6.69. The Balaban J connectivity index is 1.01. The monoisotopic (exact) mass is 746 g/mol. The van der Waals surface area contributed by atoms with Crippen molar-refractivity contribution < 1.29 is 4.42 Å². The predicted octanol–water partition coefficient (Wildman–Crippen LogP) is 13.9. The maximum absolute atomic E-state index is 6.69. The van der Waals surface area contributed by atoms with Crippen molar-refractivity contribution in [2.24, 2.45) is 0 Å². The molecule has 0 saturated carbocycles. The summed E-state index contributed by atoms with van der Waals surface area (Å²) in [7, 11) is 0. The number of para-hydroxylation sites is 1. The van der Waals surface area contributed by atoms with Gasteiger partial charge in [-0.1, -0.05) is 127 Å². The van der Waals surface area contributed by atoms with Gasteiger partial charge in [0.15, 0.2) is 17.5 Å². The van der Waals surface area contributed by atoms with Crippen LogP contribution in [0.5, 0.6) is 0 Å². The molecule has 266 valence electrons. The Morgan fingerprint density at radius 1 is 0.351 bits per heavy atom. The molecule has 0 unspecified atom stereocenters. The second kappa shape index (κ2) is 12.6. The van der Waals surface area contributed by atoms with E-state index in [1.165, 1.54) is 36.7 Å². The van der Waals surface area contributed by atoms with Crippen molar-refractivity contribution >= 4 is 75.3 Å². The number of nitrogens with zero attached hydrogens (tertiary/aromatic N) is 4.